The molecular formula is C14H16W. The average Bonchev–Trinajstić information content (AvgIpc) is 2.68. The molecule has 2 aliphatic rings. The van der Waals surface area contributed by atoms with Crippen molar-refractivity contribution in [2.24, 2.45) is 0 Å². The average molecular weight is 368 g/mol. The van der Waals surface area contributed by atoms with Crippen molar-refractivity contribution in [1.29, 1.82) is 0 Å². The molecule has 0 unspecified atom stereocenters. The van der Waals surface area contributed by atoms with Crippen LogP contribution >= 0.6 is 0 Å². The summed E-state index contributed by atoms with van der Waals surface area (Å²) in [5, 5.41) is 0. The minimum atomic E-state index is 0. The van der Waals surface area contributed by atoms with E-state index in [1.165, 1.54) is 0 Å². The van der Waals surface area contributed by atoms with Gasteiger partial charge in [0, 0.05) is 21.1 Å². The zero-order chi connectivity index (χ0) is 9.90. The summed E-state index contributed by atoms with van der Waals surface area (Å²) in [4.78, 5) is 0. The molecule has 0 aromatic carbocycles. The van der Waals surface area contributed by atoms with Gasteiger partial charge in [0.15, 0.2) is 0 Å². The monoisotopic (exact) mass is 368 g/mol. The summed E-state index contributed by atoms with van der Waals surface area (Å²) in [6.45, 7) is 0. The van der Waals surface area contributed by atoms with Gasteiger partial charge in [-0.2, -0.15) is 0 Å². The molecule has 0 saturated heterocycles. The van der Waals surface area contributed by atoms with Gasteiger partial charge < -0.3 is 0 Å². The quantitative estimate of drug-likeness (QED) is 0.604. The Morgan fingerprint density at radius 2 is 0.667 bits per heavy atom. The first-order valence-electron chi connectivity index (χ1n) is 4.97. The van der Waals surface area contributed by atoms with Gasteiger partial charge in [-0.15, -0.1) is 0 Å². The summed E-state index contributed by atoms with van der Waals surface area (Å²) >= 11 is 0. The second-order valence-electron chi connectivity index (χ2n) is 2.95. The Labute approximate surface area is 107 Å². The van der Waals surface area contributed by atoms with Crippen LogP contribution < -0.4 is 0 Å². The molecule has 0 bridgehead atoms. The van der Waals surface area contributed by atoms with E-state index < -0.39 is 0 Å². The molecule has 0 fully saturated rings. The van der Waals surface area contributed by atoms with Gasteiger partial charge in [0.25, 0.3) is 0 Å². The zero-order valence-corrected chi connectivity index (χ0v) is 11.7. The van der Waals surface area contributed by atoms with Crippen LogP contribution in [-0.4, -0.2) is 0 Å². The van der Waals surface area contributed by atoms with Crippen LogP contribution in [0.2, 0.25) is 0 Å². The van der Waals surface area contributed by atoms with E-state index in [0.717, 1.165) is 12.8 Å². The normalized spacial score (nSPS) is 16.0. The van der Waals surface area contributed by atoms with Gasteiger partial charge in [-0.3, -0.25) is 0 Å². The Hall–Kier alpha value is -0.872. The van der Waals surface area contributed by atoms with Crippen LogP contribution in [0.3, 0.4) is 0 Å². The zero-order valence-electron chi connectivity index (χ0n) is 8.75. The third-order valence-corrected chi connectivity index (χ3v) is 1.76. The first kappa shape index (κ1) is 14.1. The maximum atomic E-state index is 2.12. The molecule has 0 N–H and O–H groups in total. The second-order valence-corrected chi connectivity index (χ2v) is 2.95. The van der Waals surface area contributed by atoms with Crippen LogP contribution in [0.5, 0.6) is 0 Å². The Bertz CT molecular complexity index is 241. The molecule has 0 amide bonds. The van der Waals surface area contributed by atoms with Crippen molar-refractivity contribution in [2.75, 3.05) is 0 Å². The van der Waals surface area contributed by atoms with E-state index in [1.807, 2.05) is 24.3 Å². The summed E-state index contributed by atoms with van der Waals surface area (Å²) in [6, 6.07) is 0. The molecule has 0 nitrogen and oxygen atoms in total. The molecule has 0 aromatic rings. The van der Waals surface area contributed by atoms with Gasteiger partial charge in [-0.05, 0) is 12.8 Å². The van der Waals surface area contributed by atoms with Crippen molar-refractivity contribution in [1.82, 2.24) is 0 Å². The molecule has 0 radical (unpaired) electrons. The number of rotatable bonds is 0. The molecule has 2 rings (SSSR count). The molecule has 2 aliphatic carbocycles. The van der Waals surface area contributed by atoms with E-state index in [1.54, 1.807) is 0 Å². The summed E-state index contributed by atoms with van der Waals surface area (Å²) in [5.41, 5.74) is 0. The SMILES string of the molecule is C1=CC=CCC=C1.C1=CC=CCC=C1.[W]. The molecule has 0 heterocycles. The minimum Gasteiger partial charge on any atom is -0.0807 e. The summed E-state index contributed by atoms with van der Waals surface area (Å²) in [7, 11) is 0. The van der Waals surface area contributed by atoms with Gasteiger partial charge in [0.2, 0.25) is 0 Å². The first-order valence-corrected chi connectivity index (χ1v) is 4.97. The molecule has 0 atom stereocenters. The van der Waals surface area contributed by atoms with Crippen LogP contribution in [0.25, 0.3) is 0 Å². The maximum absolute atomic E-state index is 2.12. The standard InChI is InChI=1S/2C7H8.W/c2*1-2-4-6-7-5-3-1;/h2*1-6H,7H2;. The predicted molar refractivity (Wildman–Crippen MR) is 64.1 cm³/mol. The Kier molecular flexibility index (Phi) is 10.6. The Morgan fingerprint density at radius 1 is 0.400 bits per heavy atom. The maximum Gasteiger partial charge on any atom is 0 e. The molecule has 0 aliphatic heterocycles. The van der Waals surface area contributed by atoms with E-state index >= 15 is 0 Å². The number of hydrogen-bond donors (Lipinski definition) is 0. The van der Waals surface area contributed by atoms with Gasteiger partial charge >= 0.3 is 0 Å². The topological polar surface area (TPSA) is 0 Å². The predicted octanol–water partition coefficient (Wildman–Crippen LogP) is 4.11. The fourth-order valence-corrected chi connectivity index (χ4v) is 1.04. The minimum absolute atomic E-state index is 0. The molecule has 15 heavy (non-hydrogen) atoms. The Morgan fingerprint density at radius 3 is 0.933 bits per heavy atom. The smallest absolute Gasteiger partial charge is 0 e. The van der Waals surface area contributed by atoms with Crippen molar-refractivity contribution in [3.63, 3.8) is 0 Å². The number of hydrogen-bond acceptors (Lipinski definition) is 0. The molecule has 0 spiro atoms. The third-order valence-electron chi connectivity index (χ3n) is 1.76. The van der Waals surface area contributed by atoms with Crippen LogP contribution in [0.4, 0.5) is 0 Å². The van der Waals surface area contributed by atoms with E-state index in [4.69, 9.17) is 0 Å². The van der Waals surface area contributed by atoms with Crippen LogP contribution in [0.15, 0.2) is 72.9 Å². The second kappa shape index (κ2) is 11.2. The van der Waals surface area contributed by atoms with E-state index in [2.05, 4.69) is 48.6 Å². The summed E-state index contributed by atoms with van der Waals surface area (Å²) in [6.07, 6.45) is 27.0. The molecule has 1 heteroatoms. The number of allylic oxidation sites excluding steroid dienone is 12. The van der Waals surface area contributed by atoms with Gasteiger partial charge in [-0.25, -0.2) is 0 Å². The van der Waals surface area contributed by atoms with Crippen molar-refractivity contribution < 1.29 is 21.1 Å². The van der Waals surface area contributed by atoms with Crippen LogP contribution in [0, 0.1) is 0 Å². The largest absolute Gasteiger partial charge is 0.0807 e. The van der Waals surface area contributed by atoms with Crippen LogP contribution in [-0.2, 0) is 21.1 Å². The van der Waals surface area contributed by atoms with Crippen molar-refractivity contribution in [2.45, 2.75) is 12.8 Å². The van der Waals surface area contributed by atoms with Crippen LogP contribution in [0.1, 0.15) is 12.8 Å². The first-order chi connectivity index (χ1) is 7.00. The van der Waals surface area contributed by atoms with Gasteiger partial charge in [0.1, 0.15) is 0 Å². The molecule has 0 aromatic heterocycles. The Balaban J connectivity index is 0.000000245. The van der Waals surface area contributed by atoms with E-state index in [-0.39, 0.29) is 21.1 Å². The van der Waals surface area contributed by atoms with Gasteiger partial charge in [-0.1, -0.05) is 72.9 Å². The third kappa shape index (κ3) is 9.43. The fourth-order valence-electron chi connectivity index (χ4n) is 1.04. The molecular weight excluding hydrogens is 352 g/mol. The van der Waals surface area contributed by atoms with E-state index in [0.29, 0.717) is 0 Å². The van der Waals surface area contributed by atoms with Crippen molar-refractivity contribution in [3.05, 3.63) is 72.9 Å². The van der Waals surface area contributed by atoms with Crippen molar-refractivity contribution >= 4 is 0 Å². The molecule has 78 valence electrons. The summed E-state index contributed by atoms with van der Waals surface area (Å²) in [5.74, 6) is 0. The van der Waals surface area contributed by atoms with Crippen molar-refractivity contribution in [3.8, 4) is 0 Å². The summed E-state index contributed by atoms with van der Waals surface area (Å²) < 4.78 is 0. The molecule has 0 saturated carbocycles. The van der Waals surface area contributed by atoms with Gasteiger partial charge in [0.05, 0.1) is 0 Å². The fraction of sp³-hybridized carbons (Fsp3) is 0.143. The van der Waals surface area contributed by atoms with E-state index in [9.17, 15) is 0 Å².